The second-order valence-electron chi connectivity index (χ2n) is 7.98. The van der Waals surface area contributed by atoms with Gasteiger partial charge < -0.3 is 5.84 Å². The average molecular weight is 431 g/mol. The van der Waals surface area contributed by atoms with Gasteiger partial charge in [0.25, 0.3) is 0 Å². The van der Waals surface area contributed by atoms with E-state index >= 15 is 0 Å². The topological polar surface area (TPSA) is 89.9 Å². The van der Waals surface area contributed by atoms with Crippen LogP contribution >= 0.6 is 23.1 Å². The van der Waals surface area contributed by atoms with Gasteiger partial charge in [0.15, 0.2) is 11.0 Å². The van der Waals surface area contributed by atoms with Gasteiger partial charge in [-0.2, -0.15) is 0 Å². The number of nitrogen functional groups attached to an aromatic ring is 1. The summed E-state index contributed by atoms with van der Waals surface area (Å²) in [5, 5.41) is 11.7. The number of nitrogens with two attached hydrogens (primary N) is 1. The molecule has 0 unspecified atom stereocenters. The summed E-state index contributed by atoms with van der Waals surface area (Å²) >= 11 is 2.93. The van der Waals surface area contributed by atoms with Gasteiger partial charge in [0.05, 0.1) is 11.4 Å². The van der Waals surface area contributed by atoms with E-state index in [0.717, 1.165) is 28.3 Å². The number of hydrogen-bond donors (Lipinski definition) is 1. The summed E-state index contributed by atoms with van der Waals surface area (Å²) in [7, 11) is 0. The summed E-state index contributed by atoms with van der Waals surface area (Å²) in [4.78, 5) is 18.7. The fourth-order valence-electron chi connectivity index (χ4n) is 2.95. The van der Waals surface area contributed by atoms with Crippen molar-refractivity contribution in [1.29, 1.82) is 0 Å². The van der Waals surface area contributed by atoms with E-state index in [1.807, 2.05) is 52.1 Å². The van der Waals surface area contributed by atoms with Crippen LogP contribution in [0.15, 0.2) is 28.7 Å². The molecule has 154 valence electrons. The maximum Gasteiger partial charge on any atom is 0.230 e. The molecule has 0 fully saturated rings. The van der Waals surface area contributed by atoms with Crippen LogP contribution in [0.4, 0.5) is 10.8 Å². The molecule has 0 atom stereocenters. The van der Waals surface area contributed by atoms with Gasteiger partial charge in [0.2, 0.25) is 11.1 Å². The quantitative estimate of drug-likeness (QED) is 0.478. The van der Waals surface area contributed by atoms with Crippen LogP contribution in [0.5, 0.6) is 0 Å². The highest BCUT2D eigenvalue weighted by atomic mass is 32.2. The van der Waals surface area contributed by atoms with E-state index in [2.05, 4.69) is 21.2 Å². The van der Waals surface area contributed by atoms with E-state index in [4.69, 9.17) is 5.84 Å². The van der Waals surface area contributed by atoms with Gasteiger partial charge in [0.1, 0.15) is 0 Å². The Bertz CT molecular complexity index is 1030. The van der Waals surface area contributed by atoms with E-state index in [1.165, 1.54) is 27.8 Å². The lowest BCUT2D eigenvalue weighted by Gasteiger charge is -2.20. The van der Waals surface area contributed by atoms with E-state index in [9.17, 15) is 4.79 Å². The van der Waals surface area contributed by atoms with Crippen LogP contribution < -0.4 is 10.7 Å². The Morgan fingerprint density at radius 3 is 2.59 bits per heavy atom. The molecule has 3 rings (SSSR count). The summed E-state index contributed by atoms with van der Waals surface area (Å²) in [5.41, 5.74) is 3.74. The molecule has 0 aliphatic heterocycles. The zero-order valence-corrected chi connectivity index (χ0v) is 19.2. The number of nitrogens with zero attached hydrogens (tertiary/aromatic N) is 5. The Morgan fingerprint density at radius 1 is 1.28 bits per heavy atom. The lowest BCUT2D eigenvalue weighted by Crippen LogP contribution is -2.24. The summed E-state index contributed by atoms with van der Waals surface area (Å²) in [6.07, 6.45) is 0. The van der Waals surface area contributed by atoms with E-state index in [-0.39, 0.29) is 11.3 Å². The number of anilines is 2. The minimum atomic E-state index is -0.178. The molecule has 0 bridgehead atoms. The summed E-state index contributed by atoms with van der Waals surface area (Å²) in [5.74, 6) is 7.41. The van der Waals surface area contributed by atoms with Crippen molar-refractivity contribution in [2.75, 3.05) is 10.7 Å². The Kier molecular flexibility index (Phi) is 6.00. The third kappa shape index (κ3) is 4.62. The SMILES string of the molecule is CC(=O)N(c1nc(CSc2nnc(C(C)(C)C)n2N)cs1)c1ccc(C)cc1C. The highest BCUT2D eigenvalue weighted by Gasteiger charge is 2.24. The number of benzene rings is 1. The predicted molar refractivity (Wildman–Crippen MR) is 119 cm³/mol. The third-order valence-electron chi connectivity index (χ3n) is 4.32. The van der Waals surface area contributed by atoms with Crippen molar-refractivity contribution < 1.29 is 4.79 Å². The summed E-state index contributed by atoms with van der Waals surface area (Å²) in [6.45, 7) is 11.7. The molecule has 0 spiro atoms. The van der Waals surface area contributed by atoms with Crippen LogP contribution in [0.3, 0.4) is 0 Å². The van der Waals surface area contributed by atoms with E-state index < -0.39 is 0 Å². The van der Waals surface area contributed by atoms with Crippen molar-refractivity contribution in [3.8, 4) is 0 Å². The molecule has 1 aromatic carbocycles. The minimum Gasteiger partial charge on any atom is -0.336 e. The van der Waals surface area contributed by atoms with Crippen molar-refractivity contribution in [2.45, 2.75) is 57.9 Å². The van der Waals surface area contributed by atoms with Crippen molar-refractivity contribution >= 4 is 39.8 Å². The molecule has 0 aliphatic carbocycles. The Labute approximate surface area is 179 Å². The van der Waals surface area contributed by atoms with Gasteiger partial charge in [-0.25, -0.2) is 9.66 Å². The van der Waals surface area contributed by atoms with Gasteiger partial charge in [-0.15, -0.1) is 21.5 Å². The second-order valence-corrected chi connectivity index (χ2v) is 9.76. The Balaban J connectivity index is 1.79. The summed E-state index contributed by atoms with van der Waals surface area (Å²) < 4.78 is 1.54. The first-order valence-electron chi connectivity index (χ1n) is 9.24. The predicted octanol–water partition coefficient (Wildman–Crippen LogP) is 4.34. The van der Waals surface area contributed by atoms with Crippen molar-refractivity contribution in [1.82, 2.24) is 19.9 Å². The lowest BCUT2D eigenvalue weighted by atomic mass is 9.96. The smallest absolute Gasteiger partial charge is 0.230 e. The van der Waals surface area contributed by atoms with E-state index in [0.29, 0.717) is 16.0 Å². The zero-order chi connectivity index (χ0) is 21.3. The molecule has 3 aromatic rings. The van der Waals surface area contributed by atoms with Crippen molar-refractivity contribution in [2.24, 2.45) is 0 Å². The van der Waals surface area contributed by atoms with Gasteiger partial charge in [-0.05, 0) is 25.5 Å². The number of thioether (sulfide) groups is 1. The largest absolute Gasteiger partial charge is 0.336 e. The molecule has 0 aliphatic rings. The van der Waals surface area contributed by atoms with Crippen molar-refractivity contribution in [3.63, 3.8) is 0 Å². The molecule has 9 heteroatoms. The van der Waals surface area contributed by atoms with Crippen LogP contribution in [-0.4, -0.2) is 25.8 Å². The molecular weight excluding hydrogens is 404 g/mol. The molecule has 2 N–H and O–H groups in total. The van der Waals surface area contributed by atoms with Crippen LogP contribution in [-0.2, 0) is 16.0 Å². The first-order chi connectivity index (χ1) is 13.6. The van der Waals surface area contributed by atoms with E-state index in [1.54, 1.807) is 11.8 Å². The molecule has 1 amide bonds. The van der Waals surface area contributed by atoms with Gasteiger partial charge in [-0.3, -0.25) is 9.69 Å². The molecule has 7 nitrogen and oxygen atoms in total. The maximum atomic E-state index is 12.4. The highest BCUT2D eigenvalue weighted by Crippen LogP contribution is 2.33. The number of aromatic nitrogens is 4. The zero-order valence-electron chi connectivity index (χ0n) is 17.6. The molecule has 29 heavy (non-hydrogen) atoms. The first kappa shape index (κ1) is 21.3. The highest BCUT2D eigenvalue weighted by molar-refractivity contribution is 7.98. The first-order valence-corrected chi connectivity index (χ1v) is 11.1. The number of aryl methyl sites for hydroxylation is 2. The molecular formula is C20H26N6OS2. The number of thiazole rings is 1. The molecule has 0 radical (unpaired) electrons. The van der Waals surface area contributed by atoms with Crippen molar-refractivity contribution in [3.05, 3.63) is 46.2 Å². The third-order valence-corrected chi connectivity index (χ3v) is 6.17. The number of carbonyl (C=O) groups is 1. The molecule has 2 heterocycles. The van der Waals surface area contributed by atoms with Gasteiger partial charge in [-0.1, -0.05) is 50.2 Å². The normalized spacial score (nSPS) is 11.7. The fourth-order valence-corrected chi connectivity index (χ4v) is 4.69. The Morgan fingerprint density at radius 2 is 2.00 bits per heavy atom. The maximum absolute atomic E-state index is 12.4. The number of rotatable bonds is 5. The van der Waals surface area contributed by atoms with Crippen LogP contribution in [0.25, 0.3) is 0 Å². The molecule has 0 saturated carbocycles. The average Bonchev–Trinajstić information content (AvgIpc) is 3.21. The van der Waals surface area contributed by atoms with Crippen LogP contribution in [0.1, 0.15) is 50.3 Å². The van der Waals surface area contributed by atoms with Gasteiger partial charge >= 0.3 is 0 Å². The monoisotopic (exact) mass is 430 g/mol. The minimum absolute atomic E-state index is 0.0676. The number of carbonyl (C=O) groups excluding carboxylic acids is 1. The van der Waals surface area contributed by atoms with Crippen LogP contribution in [0, 0.1) is 13.8 Å². The Hall–Kier alpha value is -2.39. The van der Waals surface area contributed by atoms with Crippen LogP contribution in [0.2, 0.25) is 0 Å². The standard InChI is InChI=1S/C20H26N6OS2/c1-12-7-8-16(13(2)9-12)25(14(3)27)18-22-15(10-28-18)11-29-19-24-23-17(26(19)21)20(4,5)6/h7-10H,11,21H2,1-6H3. The number of hydrogen-bond acceptors (Lipinski definition) is 7. The lowest BCUT2D eigenvalue weighted by molar-refractivity contribution is -0.115. The number of amides is 1. The summed E-state index contributed by atoms with van der Waals surface area (Å²) in [6, 6.07) is 6.03. The molecule has 2 aromatic heterocycles. The van der Waals surface area contributed by atoms with Gasteiger partial charge in [0, 0.05) is 23.5 Å². The second kappa shape index (κ2) is 8.16. The fraction of sp³-hybridized carbons (Fsp3) is 0.400. The molecule has 0 saturated heterocycles.